The highest BCUT2D eigenvalue weighted by Gasteiger charge is 2.21. The van der Waals surface area contributed by atoms with Crippen molar-refractivity contribution in [1.82, 2.24) is 10.3 Å². The monoisotopic (exact) mass is 250 g/mol. The van der Waals surface area contributed by atoms with Crippen molar-refractivity contribution in [3.8, 4) is 0 Å². The summed E-state index contributed by atoms with van der Waals surface area (Å²) in [4.78, 5) is 4.29. The Morgan fingerprint density at radius 2 is 2.33 bits per heavy atom. The molecule has 1 atom stereocenters. The molecule has 1 aromatic rings. The van der Waals surface area contributed by atoms with Gasteiger partial charge in [0.25, 0.3) is 0 Å². The molecule has 1 heterocycles. The van der Waals surface area contributed by atoms with Crippen LogP contribution in [0, 0.1) is 12.8 Å². The Bertz CT molecular complexity index is 349. The van der Waals surface area contributed by atoms with Gasteiger partial charge in [0.05, 0.1) is 18.4 Å². The van der Waals surface area contributed by atoms with Crippen LogP contribution in [0.5, 0.6) is 0 Å². The van der Waals surface area contributed by atoms with Crippen LogP contribution in [0.4, 0.5) is 0 Å². The lowest BCUT2D eigenvalue weighted by molar-refractivity contribution is 0.0324. The number of aryl methyl sites for hydroxylation is 1. The second-order valence-electron chi connectivity index (χ2n) is 5.09. The van der Waals surface area contributed by atoms with Crippen LogP contribution in [0.25, 0.3) is 0 Å². The number of nitrogens with zero attached hydrogens (tertiary/aromatic N) is 1. The van der Waals surface area contributed by atoms with Crippen LogP contribution in [0.15, 0.2) is 18.3 Å². The fraction of sp³-hybridized carbons (Fsp3) is 0.643. The third-order valence-electron chi connectivity index (χ3n) is 3.02. The topological polar surface area (TPSA) is 54.4 Å². The summed E-state index contributed by atoms with van der Waals surface area (Å²) in [7, 11) is 0. The largest absolute Gasteiger partial charge is 0.389 e. The van der Waals surface area contributed by atoms with Gasteiger partial charge in [-0.25, -0.2) is 0 Å². The highest BCUT2D eigenvalue weighted by atomic mass is 16.5. The number of ether oxygens (including phenoxy) is 1. The van der Waals surface area contributed by atoms with Crippen molar-refractivity contribution in [1.29, 1.82) is 0 Å². The van der Waals surface area contributed by atoms with Gasteiger partial charge in [-0.2, -0.15) is 0 Å². The van der Waals surface area contributed by atoms with Crippen LogP contribution < -0.4 is 5.32 Å². The van der Waals surface area contributed by atoms with Crippen molar-refractivity contribution in [2.45, 2.75) is 32.4 Å². The summed E-state index contributed by atoms with van der Waals surface area (Å²) in [6.07, 6.45) is 3.99. The van der Waals surface area contributed by atoms with E-state index >= 15 is 0 Å². The first-order chi connectivity index (χ1) is 8.74. The Hall–Kier alpha value is -0.970. The van der Waals surface area contributed by atoms with Gasteiger partial charge < -0.3 is 15.2 Å². The van der Waals surface area contributed by atoms with Crippen molar-refractivity contribution in [2.75, 3.05) is 19.8 Å². The van der Waals surface area contributed by atoms with Gasteiger partial charge in [-0.15, -0.1) is 0 Å². The van der Waals surface area contributed by atoms with E-state index in [2.05, 4.69) is 10.3 Å². The molecule has 4 heteroatoms. The van der Waals surface area contributed by atoms with Gasteiger partial charge in [-0.05, 0) is 37.3 Å². The number of hydrogen-bond donors (Lipinski definition) is 2. The third kappa shape index (κ3) is 5.12. The van der Waals surface area contributed by atoms with Gasteiger partial charge in [0.2, 0.25) is 0 Å². The van der Waals surface area contributed by atoms with Crippen molar-refractivity contribution >= 4 is 0 Å². The predicted molar refractivity (Wildman–Crippen MR) is 70.2 cm³/mol. The number of pyridine rings is 1. The number of rotatable bonds is 8. The first-order valence-electron chi connectivity index (χ1n) is 6.62. The zero-order valence-corrected chi connectivity index (χ0v) is 10.9. The summed E-state index contributed by atoms with van der Waals surface area (Å²) in [6, 6.07) is 4.04. The zero-order valence-electron chi connectivity index (χ0n) is 10.9. The van der Waals surface area contributed by atoms with E-state index in [-0.39, 0.29) is 0 Å². The van der Waals surface area contributed by atoms with E-state index in [1.807, 2.05) is 25.3 Å². The number of aliphatic hydroxyl groups excluding tert-OH is 1. The maximum atomic E-state index is 9.70. The van der Waals surface area contributed by atoms with Crippen LogP contribution in [-0.4, -0.2) is 36.0 Å². The molecule has 2 rings (SSSR count). The maximum absolute atomic E-state index is 9.70. The smallest absolute Gasteiger partial charge is 0.0897 e. The summed E-state index contributed by atoms with van der Waals surface area (Å²) in [5.41, 5.74) is 2.15. The number of nitrogens with one attached hydrogen (secondary N) is 1. The molecular formula is C14H22N2O2. The molecule has 4 nitrogen and oxygen atoms in total. The van der Waals surface area contributed by atoms with Gasteiger partial charge in [-0.1, -0.05) is 6.07 Å². The molecule has 1 fully saturated rings. The van der Waals surface area contributed by atoms with E-state index < -0.39 is 6.10 Å². The highest BCUT2D eigenvalue weighted by molar-refractivity contribution is 5.11. The summed E-state index contributed by atoms with van der Waals surface area (Å²) >= 11 is 0. The first-order valence-corrected chi connectivity index (χ1v) is 6.62. The van der Waals surface area contributed by atoms with Gasteiger partial charge >= 0.3 is 0 Å². The van der Waals surface area contributed by atoms with Crippen molar-refractivity contribution in [3.63, 3.8) is 0 Å². The Morgan fingerprint density at radius 1 is 1.50 bits per heavy atom. The minimum absolute atomic E-state index is 0.421. The van der Waals surface area contributed by atoms with Crippen molar-refractivity contribution < 1.29 is 9.84 Å². The normalized spacial score (nSPS) is 16.8. The molecule has 1 aliphatic rings. The van der Waals surface area contributed by atoms with Crippen molar-refractivity contribution in [2.24, 2.45) is 5.92 Å². The minimum Gasteiger partial charge on any atom is -0.389 e. The molecular weight excluding hydrogens is 228 g/mol. The number of hydrogen-bond acceptors (Lipinski definition) is 4. The lowest BCUT2D eigenvalue weighted by Gasteiger charge is -2.12. The highest BCUT2D eigenvalue weighted by Crippen LogP contribution is 2.28. The number of aromatic nitrogens is 1. The SMILES string of the molecule is Cc1ccc(CNCC(O)COCC2CC2)nc1. The fourth-order valence-electron chi connectivity index (χ4n) is 1.68. The van der Waals surface area contributed by atoms with E-state index in [4.69, 9.17) is 4.74 Å². The lowest BCUT2D eigenvalue weighted by Crippen LogP contribution is -2.30. The Kier molecular flexibility index (Phi) is 5.11. The Labute approximate surface area is 108 Å². The molecule has 0 radical (unpaired) electrons. The summed E-state index contributed by atoms with van der Waals surface area (Å²) in [6.45, 7) is 4.47. The van der Waals surface area contributed by atoms with Crippen LogP contribution in [0.3, 0.4) is 0 Å². The lowest BCUT2D eigenvalue weighted by atomic mass is 10.2. The van der Waals surface area contributed by atoms with Crippen LogP contribution in [-0.2, 0) is 11.3 Å². The second kappa shape index (κ2) is 6.83. The van der Waals surface area contributed by atoms with Gasteiger partial charge in [0.15, 0.2) is 0 Å². The Balaban J connectivity index is 1.54. The fourth-order valence-corrected chi connectivity index (χ4v) is 1.68. The van der Waals surface area contributed by atoms with Gasteiger partial charge in [-0.3, -0.25) is 4.98 Å². The number of aliphatic hydroxyl groups is 1. The quantitative estimate of drug-likeness (QED) is 0.729. The molecule has 1 aliphatic carbocycles. The van der Waals surface area contributed by atoms with E-state index in [0.29, 0.717) is 19.7 Å². The molecule has 0 bridgehead atoms. The van der Waals surface area contributed by atoms with Crippen LogP contribution in [0.1, 0.15) is 24.1 Å². The van der Waals surface area contributed by atoms with Gasteiger partial charge in [0, 0.05) is 25.9 Å². The zero-order chi connectivity index (χ0) is 12.8. The third-order valence-corrected chi connectivity index (χ3v) is 3.02. The second-order valence-corrected chi connectivity index (χ2v) is 5.09. The molecule has 100 valence electrons. The average molecular weight is 250 g/mol. The summed E-state index contributed by atoms with van der Waals surface area (Å²) in [5.74, 6) is 0.752. The summed E-state index contributed by atoms with van der Waals surface area (Å²) in [5, 5.41) is 12.9. The molecule has 0 spiro atoms. The van der Waals surface area contributed by atoms with Crippen molar-refractivity contribution in [3.05, 3.63) is 29.6 Å². The van der Waals surface area contributed by atoms with E-state index in [9.17, 15) is 5.11 Å². The molecule has 0 saturated heterocycles. The van der Waals surface area contributed by atoms with E-state index in [1.54, 1.807) is 0 Å². The summed E-state index contributed by atoms with van der Waals surface area (Å²) < 4.78 is 5.43. The molecule has 1 saturated carbocycles. The van der Waals surface area contributed by atoms with Crippen LogP contribution >= 0.6 is 0 Å². The standard InChI is InChI=1S/C14H22N2O2/c1-11-2-5-13(16-6-11)7-15-8-14(17)10-18-9-12-3-4-12/h2,5-6,12,14-15,17H,3-4,7-10H2,1H3. The average Bonchev–Trinajstić information content (AvgIpc) is 3.16. The molecule has 0 aliphatic heterocycles. The Morgan fingerprint density at radius 3 is 3.00 bits per heavy atom. The molecule has 2 N–H and O–H groups in total. The maximum Gasteiger partial charge on any atom is 0.0897 e. The minimum atomic E-state index is -0.436. The molecule has 1 aromatic heterocycles. The molecule has 1 unspecified atom stereocenters. The van der Waals surface area contributed by atoms with Crippen LogP contribution in [0.2, 0.25) is 0 Å². The molecule has 0 aromatic carbocycles. The molecule has 0 amide bonds. The molecule has 18 heavy (non-hydrogen) atoms. The predicted octanol–water partition coefficient (Wildman–Crippen LogP) is 1.27. The van der Waals surface area contributed by atoms with E-state index in [1.165, 1.54) is 12.8 Å². The first kappa shape index (κ1) is 13.5. The van der Waals surface area contributed by atoms with Gasteiger partial charge in [0.1, 0.15) is 0 Å². The van der Waals surface area contributed by atoms with E-state index in [0.717, 1.165) is 23.8 Å².